The molecule has 0 bridgehead atoms. The first-order valence-electron chi connectivity index (χ1n) is 5.76. The molecule has 1 aromatic carbocycles. The Balaban J connectivity index is 2.20. The van der Waals surface area contributed by atoms with Crippen molar-refractivity contribution in [1.82, 2.24) is 19.7 Å². The van der Waals surface area contributed by atoms with Gasteiger partial charge in [-0.25, -0.2) is 9.67 Å². The summed E-state index contributed by atoms with van der Waals surface area (Å²) < 4.78 is 1.93. The van der Waals surface area contributed by atoms with Crippen LogP contribution in [0, 0.1) is 6.92 Å². The number of hydrogen-bond donors (Lipinski definition) is 0. The molecule has 0 aliphatic carbocycles. The largest absolute Gasteiger partial charge is 0.253 e. The Bertz CT molecular complexity index is 763. The maximum Gasteiger partial charge on any atom is 0.191 e. The summed E-state index contributed by atoms with van der Waals surface area (Å²) in [5.74, 6) is 0.914. The highest BCUT2D eigenvalue weighted by Crippen LogP contribution is 2.37. The molecular formula is C13H10N4S. The van der Waals surface area contributed by atoms with E-state index in [9.17, 15) is 0 Å². The van der Waals surface area contributed by atoms with Gasteiger partial charge in [-0.05, 0) is 13.0 Å². The molecule has 0 radical (unpaired) electrons. The Labute approximate surface area is 108 Å². The van der Waals surface area contributed by atoms with Crippen LogP contribution in [0.3, 0.4) is 0 Å². The summed E-state index contributed by atoms with van der Waals surface area (Å²) in [5.41, 5.74) is 4.50. The van der Waals surface area contributed by atoms with Crippen LogP contribution >= 0.6 is 11.8 Å². The van der Waals surface area contributed by atoms with E-state index in [4.69, 9.17) is 0 Å². The van der Waals surface area contributed by atoms with Crippen LogP contribution < -0.4 is 0 Å². The van der Waals surface area contributed by atoms with Crippen molar-refractivity contribution < 1.29 is 0 Å². The Morgan fingerprint density at radius 1 is 1.28 bits per heavy atom. The number of benzene rings is 1. The van der Waals surface area contributed by atoms with Gasteiger partial charge in [0.25, 0.3) is 0 Å². The van der Waals surface area contributed by atoms with Gasteiger partial charge in [0.05, 0.1) is 11.2 Å². The third-order valence-electron chi connectivity index (χ3n) is 3.24. The van der Waals surface area contributed by atoms with Crippen molar-refractivity contribution >= 4 is 22.7 Å². The number of aromatic nitrogens is 4. The first-order chi connectivity index (χ1) is 8.84. The number of aryl methyl sites for hydroxylation is 1. The lowest BCUT2D eigenvalue weighted by molar-refractivity contribution is 0.771. The highest BCUT2D eigenvalue weighted by Gasteiger charge is 2.22. The molecule has 0 saturated carbocycles. The van der Waals surface area contributed by atoms with Gasteiger partial charge in [0.2, 0.25) is 0 Å². The quantitative estimate of drug-likeness (QED) is 0.618. The summed E-state index contributed by atoms with van der Waals surface area (Å²) in [7, 11) is 0. The van der Waals surface area contributed by atoms with Gasteiger partial charge in [0.1, 0.15) is 6.33 Å². The lowest BCUT2D eigenvalue weighted by Gasteiger charge is -2.19. The number of rotatable bonds is 0. The van der Waals surface area contributed by atoms with Gasteiger partial charge < -0.3 is 0 Å². The van der Waals surface area contributed by atoms with Crippen LogP contribution in [0.5, 0.6) is 0 Å². The molecule has 0 spiro atoms. The van der Waals surface area contributed by atoms with Gasteiger partial charge in [-0.1, -0.05) is 30.0 Å². The van der Waals surface area contributed by atoms with Crippen molar-refractivity contribution in [2.45, 2.75) is 17.8 Å². The van der Waals surface area contributed by atoms with Crippen molar-refractivity contribution in [3.8, 4) is 5.69 Å². The molecule has 4 rings (SSSR count). The van der Waals surface area contributed by atoms with Crippen LogP contribution in [0.15, 0.2) is 35.7 Å². The molecule has 0 fully saturated rings. The van der Waals surface area contributed by atoms with Crippen LogP contribution in [-0.4, -0.2) is 19.7 Å². The first-order valence-corrected chi connectivity index (χ1v) is 6.74. The average molecular weight is 254 g/mol. The lowest BCUT2D eigenvalue weighted by atomic mass is 10.1. The van der Waals surface area contributed by atoms with Crippen LogP contribution in [0.25, 0.3) is 16.6 Å². The first kappa shape index (κ1) is 10.1. The smallest absolute Gasteiger partial charge is 0.191 e. The molecule has 5 heteroatoms. The fraction of sp³-hybridized carbons (Fsp3) is 0.154. The van der Waals surface area contributed by atoms with Crippen molar-refractivity contribution in [3.63, 3.8) is 0 Å². The SMILES string of the molecule is Cc1nc2ccccc2c2c1CSc1ncnn1-2. The summed E-state index contributed by atoms with van der Waals surface area (Å²) in [6.07, 6.45) is 1.61. The van der Waals surface area contributed by atoms with E-state index in [1.165, 1.54) is 5.56 Å². The Hall–Kier alpha value is -1.88. The molecule has 1 aliphatic heterocycles. The van der Waals surface area contributed by atoms with E-state index in [-0.39, 0.29) is 0 Å². The molecule has 1 aliphatic rings. The van der Waals surface area contributed by atoms with E-state index in [1.807, 2.05) is 22.9 Å². The molecule has 0 unspecified atom stereocenters. The van der Waals surface area contributed by atoms with Crippen molar-refractivity contribution in [2.75, 3.05) is 0 Å². The summed E-state index contributed by atoms with van der Waals surface area (Å²) >= 11 is 1.71. The van der Waals surface area contributed by atoms with Gasteiger partial charge >= 0.3 is 0 Å². The summed E-state index contributed by atoms with van der Waals surface area (Å²) in [5, 5.41) is 6.45. The molecule has 4 nitrogen and oxygen atoms in total. The predicted octanol–water partition coefficient (Wildman–Crippen LogP) is 2.73. The van der Waals surface area contributed by atoms with Crippen LogP contribution in [0.4, 0.5) is 0 Å². The minimum atomic E-state index is 0.914. The van der Waals surface area contributed by atoms with Crippen molar-refractivity contribution in [2.24, 2.45) is 0 Å². The average Bonchev–Trinajstić information content (AvgIpc) is 2.86. The van der Waals surface area contributed by atoms with Gasteiger partial charge in [-0.15, -0.1) is 0 Å². The fourth-order valence-electron chi connectivity index (χ4n) is 2.39. The van der Waals surface area contributed by atoms with E-state index in [0.29, 0.717) is 0 Å². The third kappa shape index (κ3) is 1.25. The van der Waals surface area contributed by atoms with E-state index in [1.54, 1.807) is 18.1 Å². The van der Waals surface area contributed by atoms with Gasteiger partial charge in [-0.3, -0.25) is 4.98 Å². The van der Waals surface area contributed by atoms with E-state index < -0.39 is 0 Å². The molecular weight excluding hydrogens is 244 g/mol. The minimum Gasteiger partial charge on any atom is -0.253 e. The Morgan fingerprint density at radius 2 is 2.17 bits per heavy atom. The van der Waals surface area contributed by atoms with Gasteiger partial charge in [0, 0.05) is 22.4 Å². The summed E-state index contributed by atoms with van der Waals surface area (Å²) in [6, 6.07) is 8.20. The second-order valence-corrected chi connectivity index (χ2v) is 5.23. The van der Waals surface area contributed by atoms with E-state index in [2.05, 4.69) is 28.1 Å². The Kier molecular flexibility index (Phi) is 1.99. The maximum atomic E-state index is 4.67. The minimum absolute atomic E-state index is 0.914. The van der Waals surface area contributed by atoms with Crippen molar-refractivity contribution in [3.05, 3.63) is 41.9 Å². The monoisotopic (exact) mass is 254 g/mol. The van der Waals surface area contributed by atoms with E-state index >= 15 is 0 Å². The van der Waals surface area contributed by atoms with Gasteiger partial charge in [-0.2, -0.15) is 5.10 Å². The van der Waals surface area contributed by atoms with Crippen LogP contribution in [-0.2, 0) is 5.75 Å². The van der Waals surface area contributed by atoms with E-state index in [0.717, 1.165) is 33.2 Å². The zero-order valence-corrected chi connectivity index (χ0v) is 10.6. The molecule has 18 heavy (non-hydrogen) atoms. The molecule has 0 amide bonds. The number of nitrogens with zero attached hydrogens (tertiary/aromatic N) is 4. The second-order valence-electron chi connectivity index (χ2n) is 4.28. The molecule has 3 aromatic rings. The summed E-state index contributed by atoms with van der Waals surface area (Å²) in [4.78, 5) is 8.96. The zero-order chi connectivity index (χ0) is 12.1. The number of hydrogen-bond acceptors (Lipinski definition) is 4. The molecule has 0 N–H and O–H groups in total. The molecule has 0 saturated heterocycles. The maximum absolute atomic E-state index is 4.67. The normalized spacial score (nSPS) is 13.4. The number of fused-ring (bicyclic) bond motifs is 5. The lowest BCUT2D eigenvalue weighted by Crippen LogP contribution is -2.11. The highest BCUT2D eigenvalue weighted by atomic mass is 32.2. The van der Waals surface area contributed by atoms with Crippen LogP contribution in [0.1, 0.15) is 11.3 Å². The number of pyridine rings is 1. The standard InChI is InChI=1S/C13H10N4S/c1-8-10-6-18-13-14-7-15-17(13)12(10)9-4-2-3-5-11(9)16-8/h2-5,7H,6H2,1H3. The number of thioether (sulfide) groups is 1. The molecule has 3 heterocycles. The number of para-hydroxylation sites is 1. The van der Waals surface area contributed by atoms with Gasteiger partial charge in [0.15, 0.2) is 5.16 Å². The molecule has 0 atom stereocenters. The zero-order valence-electron chi connectivity index (χ0n) is 9.79. The van der Waals surface area contributed by atoms with Crippen LogP contribution in [0.2, 0.25) is 0 Å². The fourth-order valence-corrected chi connectivity index (χ4v) is 3.39. The Morgan fingerprint density at radius 3 is 3.11 bits per heavy atom. The predicted molar refractivity (Wildman–Crippen MR) is 71.0 cm³/mol. The third-order valence-corrected chi connectivity index (χ3v) is 4.21. The topological polar surface area (TPSA) is 43.6 Å². The van der Waals surface area contributed by atoms with Crippen molar-refractivity contribution in [1.29, 1.82) is 0 Å². The summed E-state index contributed by atoms with van der Waals surface area (Å²) in [6.45, 7) is 2.06. The highest BCUT2D eigenvalue weighted by molar-refractivity contribution is 7.98. The second kappa shape index (κ2) is 3.55. The molecule has 88 valence electrons. The molecule has 2 aromatic heterocycles.